The van der Waals surface area contributed by atoms with Crippen LogP contribution in [0.5, 0.6) is 0 Å². The van der Waals surface area contributed by atoms with Crippen molar-refractivity contribution < 1.29 is 9.53 Å². The lowest BCUT2D eigenvalue weighted by Gasteiger charge is -2.06. The first-order chi connectivity index (χ1) is 5.70. The lowest BCUT2D eigenvalue weighted by atomic mass is 10.2. The lowest BCUT2D eigenvalue weighted by molar-refractivity contribution is 0.0420. The second kappa shape index (κ2) is 3.90. The average Bonchev–Trinajstić information content (AvgIpc) is 2.05. The van der Waals surface area contributed by atoms with Crippen molar-refractivity contribution in [1.82, 2.24) is 0 Å². The Balaban J connectivity index is 2.66. The van der Waals surface area contributed by atoms with Gasteiger partial charge in [-0.15, -0.1) is 0 Å². The molecule has 0 aliphatic rings. The fourth-order valence-corrected chi connectivity index (χ4v) is 0.825. The molecule has 0 amide bonds. The summed E-state index contributed by atoms with van der Waals surface area (Å²) in [6.45, 7) is 5.28. The van der Waals surface area contributed by atoms with Crippen LogP contribution in [0.3, 0.4) is 0 Å². The van der Waals surface area contributed by atoms with Crippen molar-refractivity contribution in [2.24, 2.45) is 0 Å². The number of carbonyl (C=O) groups excluding carboxylic acids is 1. The highest BCUT2D eigenvalue weighted by atomic mass is 16.5. The van der Waals surface area contributed by atoms with Gasteiger partial charge in [-0.1, -0.05) is 18.2 Å². The van der Waals surface area contributed by atoms with Crippen LogP contribution in [-0.2, 0) is 4.74 Å². The minimum Gasteiger partial charge on any atom is -0.459 e. The molecule has 0 saturated carbocycles. The first-order valence-corrected chi connectivity index (χ1v) is 3.79. The summed E-state index contributed by atoms with van der Waals surface area (Å²) in [5.74, 6) is -0.321. The normalized spacial score (nSPS) is 9.92. The molecule has 12 heavy (non-hydrogen) atoms. The quantitative estimate of drug-likeness (QED) is 0.624. The van der Waals surface area contributed by atoms with Gasteiger partial charge in [0.15, 0.2) is 0 Å². The van der Waals surface area contributed by atoms with Crippen LogP contribution in [-0.4, -0.2) is 12.1 Å². The topological polar surface area (TPSA) is 26.3 Å². The lowest BCUT2D eigenvalue weighted by Crippen LogP contribution is -2.11. The van der Waals surface area contributed by atoms with Gasteiger partial charge in [0.05, 0.1) is 11.7 Å². The minimum atomic E-state index is -0.321. The average molecular weight is 163 g/mol. The highest BCUT2D eigenvalue weighted by Crippen LogP contribution is 2.02. The molecule has 0 aromatic heterocycles. The zero-order valence-corrected chi connectivity index (χ0v) is 6.99. The summed E-state index contributed by atoms with van der Waals surface area (Å²) in [7, 11) is 0. The van der Waals surface area contributed by atoms with Crippen LogP contribution in [0.25, 0.3) is 0 Å². The summed E-state index contributed by atoms with van der Waals surface area (Å²) in [4.78, 5) is 11.2. The van der Waals surface area contributed by atoms with Crippen LogP contribution in [0.15, 0.2) is 30.3 Å². The van der Waals surface area contributed by atoms with E-state index >= 15 is 0 Å². The van der Waals surface area contributed by atoms with Gasteiger partial charge in [-0.3, -0.25) is 0 Å². The van der Waals surface area contributed by atoms with E-state index in [0.717, 1.165) is 0 Å². The molecule has 1 rings (SSSR count). The van der Waals surface area contributed by atoms with Crippen molar-refractivity contribution in [3.05, 3.63) is 42.8 Å². The molecule has 0 bridgehead atoms. The predicted octanol–water partition coefficient (Wildman–Crippen LogP) is 2.07. The van der Waals surface area contributed by atoms with E-state index in [1.807, 2.05) is 6.07 Å². The maximum atomic E-state index is 11.2. The van der Waals surface area contributed by atoms with Crippen LogP contribution in [0.1, 0.15) is 17.3 Å². The summed E-state index contributed by atoms with van der Waals surface area (Å²) in [5, 5.41) is 0. The van der Waals surface area contributed by atoms with Crippen LogP contribution in [0.4, 0.5) is 0 Å². The van der Waals surface area contributed by atoms with E-state index in [0.29, 0.717) is 5.56 Å². The van der Waals surface area contributed by atoms with E-state index < -0.39 is 0 Å². The van der Waals surface area contributed by atoms with Gasteiger partial charge < -0.3 is 4.74 Å². The van der Waals surface area contributed by atoms with Crippen LogP contribution in [0, 0.1) is 6.92 Å². The third kappa shape index (κ3) is 2.38. The first kappa shape index (κ1) is 8.78. The molecule has 63 valence electrons. The molecule has 0 unspecified atom stereocenters. The summed E-state index contributed by atoms with van der Waals surface area (Å²) >= 11 is 0. The first-order valence-electron chi connectivity index (χ1n) is 3.79. The number of benzene rings is 1. The van der Waals surface area contributed by atoms with Gasteiger partial charge in [0.2, 0.25) is 0 Å². The van der Waals surface area contributed by atoms with E-state index in [2.05, 4.69) is 6.92 Å². The number of hydrogen-bond donors (Lipinski definition) is 0. The highest BCUT2D eigenvalue weighted by molar-refractivity contribution is 5.89. The third-order valence-electron chi connectivity index (χ3n) is 1.32. The van der Waals surface area contributed by atoms with E-state index in [1.165, 1.54) is 0 Å². The molecule has 0 aliphatic heterocycles. The molecular weight excluding hydrogens is 152 g/mol. The zero-order valence-electron chi connectivity index (χ0n) is 6.99. The van der Waals surface area contributed by atoms with Crippen molar-refractivity contribution in [3.63, 3.8) is 0 Å². The highest BCUT2D eigenvalue weighted by Gasteiger charge is 2.06. The van der Waals surface area contributed by atoms with Gasteiger partial charge >= 0.3 is 5.97 Å². The van der Waals surface area contributed by atoms with Gasteiger partial charge in [-0.05, 0) is 26.0 Å². The van der Waals surface area contributed by atoms with Crippen molar-refractivity contribution in [2.75, 3.05) is 0 Å². The number of rotatable bonds is 2. The van der Waals surface area contributed by atoms with Gasteiger partial charge in [-0.2, -0.15) is 0 Å². The van der Waals surface area contributed by atoms with Crippen molar-refractivity contribution in [1.29, 1.82) is 0 Å². The standard InChI is InChI=1S/C10H11O2/c1-8(2)12-10(11)9-6-4-3-5-7-9/h3-8H,1H2,2H3/t8-/m1/s1. The number of ether oxygens (including phenoxy) is 1. The van der Waals surface area contributed by atoms with E-state index in [4.69, 9.17) is 4.74 Å². The Bertz CT molecular complexity index is 252. The Morgan fingerprint density at radius 3 is 2.50 bits per heavy atom. The third-order valence-corrected chi connectivity index (χ3v) is 1.32. The van der Waals surface area contributed by atoms with Crippen molar-refractivity contribution in [2.45, 2.75) is 13.0 Å². The zero-order chi connectivity index (χ0) is 8.97. The molecular formula is C10H11O2. The summed E-state index contributed by atoms with van der Waals surface area (Å²) in [5.41, 5.74) is 0.563. The van der Waals surface area contributed by atoms with Crippen LogP contribution >= 0.6 is 0 Å². The van der Waals surface area contributed by atoms with Crippen molar-refractivity contribution in [3.8, 4) is 0 Å². The Morgan fingerprint density at radius 1 is 1.42 bits per heavy atom. The Labute approximate surface area is 72.2 Å². The molecule has 1 atom stereocenters. The molecule has 0 N–H and O–H groups in total. The fourth-order valence-electron chi connectivity index (χ4n) is 0.825. The Morgan fingerprint density at radius 2 is 2.00 bits per heavy atom. The summed E-state index contributed by atoms with van der Waals surface area (Å²) < 4.78 is 4.89. The number of carbonyl (C=O) groups is 1. The Hall–Kier alpha value is -1.31. The summed E-state index contributed by atoms with van der Waals surface area (Å²) in [6.07, 6.45) is -0.308. The second-order valence-corrected chi connectivity index (χ2v) is 2.58. The van der Waals surface area contributed by atoms with Crippen LogP contribution < -0.4 is 0 Å². The maximum Gasteiger partial charge on any atom is 0.338 e. The molecule has 0 fully saturated rings. The van der Waals surface area contributed by atoms with E-state index in [1.54, 1.807) is 31.2 Å². The van der Waals surface area contributed by atoms with Crippen molar-refractivity contribution >= 4 is 5.97 Å². The van der Waals surface area contributed by atoms with Gasteiger partial charge in [0.1, 0.15) is 0 Å². The Kier molecular flexibility index (Phi) is 2.86. The van der Waals surface area contributed by atoms with E-state index in [9.17, 15) is 4.79 Å². The molecule has 2 heteroatoms. The SMILES string of the molecule is [CH2][C@H](C)OC(=O)c1ccccc1. The minimum absolute atomic E-state index is 0.308. The smallest absolute Gasteiger partial charge is 0.338 e. The molecule has 2 nitrogen and oxygen atoms in total. The van der Waals surface area contributed by atoms with E-state index in [-0.39, 0.29) is 12.1 Å². The number of esters is 1. The molecule has 0 heterocycles. The molecule has 1 aromatic rings. The molecule has 1 radical (unpaired) electrons. The van der Waals surface area contributed by atoms with Gasteiger partial charge in [-0.25, -0.2) is 4.79 Å². The van der Waals surface area contributed by atoms with Gasteiger partial charge in [0, 0.05) is 0 Å². The fraction of sp³-hybridized carbons (Fsp3) is 0.200. The number of hydrogen-bond acceptors (Lipinski definition) is 2. The molecule has 0 spiro atoms. The molecule has 1 aromatic carbocycles. The maximum absolute atomic E-state index is 11.2. The second-order valence-electron chi connectivity index (χ2n) is 2.58. The largest absolute Gasteiger partial charge is 0.459 e. The predicted molar refractivity (Wildman–Crippen MR) is 46.7 cm³/mol. The van der Waals surface area contributed by atoms with Crippen LogP contribution in [0.2, 0.25) is 0 Å². The molecule has 0 saturated heterocycles. The summed E-state index contributed by atoms with van der Waals surface area (Å²) in [6, 6.07) is 8.87. The van der Waals surface area contributed by atoms with Gasteiger partial charge in [0.25, 0.3) is 0 Å². The molecule has 0 aliphatic carbocycles. The monoisotopic (exact) mass is 163 g/mol.